The standard InChI is InChI=1S/C12H14ClNO4/c1-3-9-5-6-10(18-8-4-7-13)12(17-2)11(9)14(15)16/h3,5-6H,1,4,7-8H2,2H3. The van der Waals surface area contributed by atoms with Crippen molar-refractivity contribution < 1.29 is 14.4 Å². The Balaban J connectivity index is 3.16. The molecule has 0 amide bonds. The van der Waals surface area contributed by atoms with Gasteiger partial charge < -0.3 is 9.47 Å². The SMILES string of the molecule is C=Cc1ccc(OCCCCl)c(OC)c1[N+](=O)[O-]. The van der Waals surface area contributed by atoms with Gasteiger partial charge in [-0.1, -0.05) is 12.7 Å². The summed E-state index contributed by atoms with van der Waals surface area (Å²) in [6, 6.07) is 3.20. The van der Waals surface area contributed by atoms with E-state index in [4.69, 9.17) is 21.1 Å². The Morgan fingerprint density at radius 3 is 2.78 bits per heavy atom. The van der Waals surface area contributed by atoms with Crippen molar-refractivity contribution in [2.75, 3.05) is 19.6 Å². The highest BCUT2D eigenvalue weighted by atomic mass is 35.5. The van der Waals surface area contributed by atoms with Gasteiger partial charge in [0.25, 0.3) is 0 Å². The van der Waals surface area contributed by atoms with Gasteiger partial charge in [-0.3, -0.25) is 10.1 Å². The van der Waals surface area contributed by atoms with Crippen molar-refractivity contribution in [3.8, 4) is 11.5 Å². The molecule has 18 heavy (non-hydrogen) atoms. The summed E-state index contributed by atoms with van der Waals surface area (Å²) in [5, 5.41) is 11.0. The van der Waals surface area contributed by atoms with Crippen LogP contribution in [-0.2, 0) is 0 Å². The third-order valence-electron chi connectivity index (χ3n) is 2.27. The lowest BCUT2D eigenvalue weighted by Gasteiger charge is -2.11. The molecule has 6 heteroatoms. The van der Waals surface area contributed by atoms with Crippen molar-refractivity contribution in [2.45, 2.75) is 6.42 Å². The molecule has 0 saturated heterocycles. The zero-order valence-electron chi connectivity index (χ0n) is 10.0. The Morgan fingerprint density at radius 1 is 1.56 bits per heavy atom. The number of ether oxygens (including phenoxy) is 2. The first kappa shape index (κ1) is 14.3. The van der Waals surface area contributed by atoms with Crippen molar-refractivity contribution in [3.05, 3.63) is 34.4 Å². The summed E-state index contributed by atoms with van der Waals surface area (Å²) in [7, 11) is 1.36. The minimum absolute atomic E-state index is 0.104. The van der Waals surface area contributed by atoms with Crippen LogP contribution in [0.2, 0.25) is 0 Å². The van der Waals surface area contributed by atoms with Gasteiger partial charge in [-0.25, -0.2) is 0 Å². The lowest BCUT2D eigenvalue weighted by molar-refractivity contribution is -0.386. The second-order valence-corrected chi connectivity index (χ2v) is 3.76. The summed E-state index contributed by atoms with van der Waals surface area (Å²) in [4.78, 5) is 10.5. The maximum atomic E-state index is 11.0. The van der Waals surface area contributed by atoms with Crippen molar-refractivity contribution in [1.82, 2.24) is 0 Å². The molecule has 1 aromatic carbocycles. The molecule has 0 unspecified atom stereocenters. The number of alkyl halides is 1. The van der Waals surface area contributed by atoms with Crippen LogP contribution in [0.3, 0.4) is 0 Å². The van der Waals surface area contributed by atoms with Gasteiger partial charge in [0.2, 0.25) is 5.75 Å². The van der Waals surface area contributed by atoms with Crippen LogP contribution >= 0.6 is 11.6 Å². The molecule has 0 aromatic heterocycles. The Bertz CT molecular complexity index is 448. The highest BCUT2D eigenvalue weighted by Gasteiger charge is 2.23. The molecule has 0 aliphatic rings. The van der Waals surface area contributed by atoms with E-state index < -0.39 is 4.92 Å². The summed E-state index contributed by atoms with van der Waals surface area (Å²) in [5.41, 5.74) is 0.248. The molecule has 0 saturated carbocycles. The maximum absolute atomic E-state index is 11.0. The van der Waals surface area contributed by atoms with Gasteiger partial charge >= 0.3 is 5.69 Å². The van der Waals surface area contributed by atoms with Gasteiger partial charge in [-0.15, -0.1) is 11.6 Å². The third-order valence-corrected chi connectivity index (χ3v) is 2.54. The van der Waals surface area contributed by atoms with Gasteiger partial charge in [0.05, 0.1) is 24.2 Å². The van der Waals surface area contributed by atoms with Crippen molar-refractivity contribution >= 4 is 23.4 Å². The summed E-state index contributed by atoms with van der Waals surface area (Å²) in [5.74, 6) is 0.904. The second-order valence-electron chi connectivity index (χ2n) is 3.39. The average Bonchev–Trinajstić information content (AvgIpc) is 2.37. The number of nitro benzene ring substituents is 1. The smallest absolute Gasteiger partial charge is 0.321 e. The van der Waals surface area contributed by atoms with Crippen molar-refractivity contribution in [1.29, 1.82) is 0 Å². The quantitative estimate of drug-likeness (QED) is 0.330. The predicted molar refractivity (Wildman–Crippen MR) is 70.6 cm³/mol. The van der Waals surface area contributed by atoms with Gasteiger partial charge in [0.1, 0.15) is 0 Å². The maximum Gasteiger partial charge on any atom is 0.321 e. The Kier molecular flexibility index (Phi) is 5.45. The van der Waals surface area contributed by atoms with Crippen LogP contribution in [-0.4, -0.2) is 24.5 Å². The lowest BCUT2D eigenvalue weighted by Crippen LogP contribution is -2.03. The minimum atomic E-state index is -0.510. The van der Waals surface area contributed by atoms with Crippen LogP contribution < -0.4 is 9.47 Å². The number of rotatable bonds is 7. The first-order valence-corrected chi connectivity index (χ1v) is 5.85. The van der Waals surface area contributed by atoms with Crippen LogP contribution in [0, 0.1) is 10.1 Å². The van der Waals surface area contributed by atoms with Crippen LogP contribution in [0.5, 0.6) is 11.5 Å². The predicted octanol–water partition coefficient (Wildman–Crippen LogP) is 3.25. The van der Waals surface area contributed by atoms with Gasteiger partial charge in [-0.05, 0) is 18.6 Å². The molecule has 0 N–H and O–H groups in total. The minimum Gasteiger partial charge on any atom is -0.489 e. The summed E-state index contributed by atoms with van der Waals surface area (Å²) >= 11 is 5.54. The lowest BCUT2D eigenvalue weighted by atomic mass is 10.1. The molecule has 0 radical (unpaired) electrons. The van der Waals surface area contributed by atoms with Crippen LogP contribution in [0.25, 0.3) is 6.08 Å². The molecule has 1 rings (SSSR count). The van der Waals surface area contributed by atoms with E-state index >= 15 is 0 Å². The summed E-state index contributed by atoms with van der Waals surface area (Å²) < 4.78 is 10.5. The number of hydrogen-bond donors (Lipinski definition) is 0. The fourth-order valence-electron chi connectivity index (χ4n) is 1.47. The van der Waals surface area contributed by atoms with Gasteiger partial charge in [-0.2, -0.15) is 0 Å². The molecule has 0 aliphatic carbocycles. The normalized spacial score (nSPS) is 9.89. The third kappa shape index (κ3) is 3.13. The number of hydrogen-bond acceptors (Lipinski definition) is 4. The van der Waals surface area contributed by atoms with E-state index in [2.05, 4.69) is 6.58 Å². The van der Waals surface area contributed by atoms with E-state index in [1.807, 2.05) is 0 Å². The van der Waals surface area contributed by atoms with E-state index in [0.717, 1.165) is 0 Å². The monoisotopic (exact) mass is 271 g/mol. The van der Waals surface area contributed by atoms with E-state index in [1.165, 1.54) is 13.2 Å². The topological polar surface area (TPSA) is 61.6 Å². The Hall–Kier alpha value is -1.75. The number of halogens is 1. The molecule has 0 fully saturated rings. The Labute approximate surface area is 110 Å². The van der Waals surface area contributed by atoms with Gasteiger partial charge in [0.15, 0.2) is 5.75 Å². The van der Waals surface area contributed by atoms with E-state index in [0.29, 0.717) is 30.2 Å². The highest BCUT2D eigenvalue weighted by molar-refractivity contribution is 6.17. The second kappa shape index (κ2) is 6.86. The van der Waals surface area contributed by atoms with Crippen molar-refractivity contribution in [3.63, 3.8) is 0 Å². The first-order valence-electron chi connectivity index (χ1n) is 5.32. The molecular weight excluding hydrogens is 258 g/mol. The fraction of sp³-hybridized carbons (Fsp3) is 0.333. The van der Waals surface area contributed by atoms with Gasteiger partial charge in [0, 0.05) is 5.88 Å². The molecule has 0 aliphatic heterocycles. The number of nitrogens with zero attached hydrogens (tertiary/aromatic N) is 1. The zero-order chi connectivity index (χ0) is 13.5. The molecule has 0 bridgehead atoms. The number of nitro groups is 1. The average molecular weight is 272 g/mol. The molecule has 98 valence electrons. The molecule has 0 heterocycles. The highest BCUT2D eigenvalue weighted by Crippen LogP contribution is 2.40. The molecule has 5 nitrogen and oxygen atoms in total. The largest absolute Gasteiger partial charge is 0.489 e. The van der Waals surface area contributed by atoms with E-state index in [1.54, 1.807) is 12.1 Å². The first-order chi connectivity index (χ1) is 8.65. The molecule has 0 atom stereocenters. The Morgan fingerprint density at radius 2 is 2.28 bits per heavy atom. The fourth-order valence-corrected chi connectivity index (χ4v) is 1.58. The van der Waals surface area contributed by atoms with E-state index in [9.17, 15) is 10.1 Å². The molecular formula is C12H14ClNO4. The van der Waals surface area contributed by atoms with Crippen molar-refractivity contribution in [2.24, 2.45) is 0 Å². The summed E-state index contributed by atoms with van der Waals surface area (Å²) in [6.45, 7) is 3.92. The van der Waals surface area contributed by atoms with Crippen LogP contribution in [0.15, 0.2) is 18.7 Å². The summed E-state index contributed by atoms with van der Waals surface area (Å²) in [6.07, 6.45) is 2.06. The van der Waals surface area contributed by atoms with Crippen LogP contribution in [0.1, 0.15) is 12.0 Å². The molecule has 0 spiro atoms. The number of methoxy groups -OCH3 is 1. The molecule has 1 aromatic rings. The zero-order valence-corrected chi connectivity index (χ0v) is 10.8. The van der Waals surface area contributed by atoms with Crippen LogP contribution in [0.4, 0.5) is 5.69 Å². The van der Waals surface area contributed by atoms with E-state index in [-0.39, 0.29) is 11.4 Å². The number of benzene rings is 1.